The lowest BCUT2D eigenvalue weighted by Gasteiger charge is -2.29. The number of unbranched alkanes of at least 4 members (excludes halogenated alkanes) is 1. The quantitative estimate of drug-likeness (QED) is 0.599. The summed E-state index contributed by atoms with van der Waals surface area (Å²) in [6.45, 7) is 5.65. The number of amides is 1. The van der Waals surface area contributed by atoms with Crippen molar-refractivity contribution >= 4 is 11.7 Å². The van der Waals surface area contributed by atoms with Crippen LogP contribution >= 0.6 is 0 Å². The standard InChI is InChI=1S/C22H32N6O/c1-2-3-4-17(23)5-6-18-19(22(24)29)15-20(28-13-11-26-12-14-28)27-21(18)16-7-9-25-10-8-16/h7-10,15,17,26H,2-6,11-14,23H2,1H3,(H2,24,29). The number of anilines is 1. The molecule has 156 valence electrons. The minimum atomic E-state index is -0.420. The van der Waals surface area contributed by atoms with Crippen LogP contribution in [0, 0.1) is 0 Å². The van der Waals surface area contributed by atoms with Crippen LogP contribution in [0.5, 0.6) is 0 Å². The topological polar surface area (TPSA) is 110 Å². The van der Waals surface area contributed by atoms with Gasteiger partial charge in [0.1, 0.15) is 5.82 Å². The Hall–Kier alpha value is -2.51. The highest BCUT2D eigenvalue weighted by atomic mass is 16.1. The Morgan fingerprint density at radius 2 is 1.97 bits per heavy atom. The van der Waals surface area contributed by atoms with Gasteiger partial charge in [0.2, 0.25) is 5.91 Å². The molecule has 1 atom stereocenters. The van der Waals surface area contributed by atoms with Crippen LogP contribution in [0.2, 0.25) is 0 Å². The lowest BCUT2D eigenvalue weighted by atomic mass is 9.94. The number of piperazine rings is 1. The monoisotopic (exact) mass is 396 g/mol. The third-order valence-electron chi connectivity index (χ3n) is 5.46. The van der Waals surface area contributed by atoms with Gasteiger partial charge in [-0.15, -0.1) is 0 Å². The number of carbonyl (C=O) groups excluding carboxylic acids is 1. The minimum absolute atomic E-state index is 0.105. The van der Waals surface area contributed by atoms with Crippen molar-refractivity contribution in [3.63, 3.8) is 0 Å². The first-order chi connectivity index (χ1) is 14.1. The first kappa shape index (κ1) is 21.2. The highest BCUT2D eigenvalue weighted by Crippen LogP contribution is 2.30. The van der Waals surface area contributed by atoms with Crippen LogP contribution in [-0.4, -0.2) is 48.1 Å². The highest BCUT2D eigenvalue weighted by molar-refractivity contribution is 5.97. The molecule has 2 aromatic heterocycles. The second-order valence-electron chi connectivity index (χ2n) is 7.63. The van der Waals surface area contributed by atoms with Crippen LogP contribution in [0.1, 0.15) is 48.5 Å². The Morgan fingerprint density at radius 1 is 1.24 bits per heavy atom. The van der Waals surface area contributed by atoms with E-state index in [-0.39, 0.29) is 6.04 Å². The summed E-state index contributed by atoms with van der Waals surface area (Å²) in [4.78, 5) is 23.7. The SMILES string of the molecule is CCCCC(N)CCc1c(C(N)=O)cc(N2CCNCC2)nc1-c1ccncc1. The van der Waals surface area contributed by atoms with Gasteiger partial charge in [0, 0.05) is 55.7 Å². The molecule has 1 aliphatic heterocycles. The molecule has 0 saturated carbocycles. The number of rotatable bonds is 9. The summed E-state index contributed by atoms with van der Waals surface area (Å²) in [7, 11) is 0. The second kappa shape index (κ2) is 10.3. The largest absolute Gasteiger partial charge is 0.366 e. The number of nitrogens with two attached hydrogens (primary N) is 2. The fraction of sp³-hybridized carbons (Fsp3) is 0.500. The Bertz CT molecular complexity index is 804. The van der Waals surface area contributed by atoms with Gasteiger partial charge in [0.05, 0.1) is 5.69 Å². The molecule has 1 unspecified atom stereocenters. The van der Waals surface area contributed by atoms with Gasteiger partial charge in [-0.2, -0.15) is 0 Å². The third-order valence-corrected chi connectivity index (χ3v) is 5.46. The predicted octanol–water partition coefficient (Wildman–Crippen LogP) is 2.10. The summed E-state index contributed by atoms with van der Waals surface area (Å²) in [5.74, 6) is 0.377. The summed E-state index contributed by atoms with van der Waals surface area (Å²) in [6.07, 6.45) is 8.19. The summed E-state index contributed by atoms with van der Waals surface area (Å²) >= 11 is 0. The number of primary amides is 1. The molecule has 1 saturated heterocycles. The van der Waals surface area contributed by atoms with Gasteiger partial charge >= 0.3 is 0 Å². The molecule has 0 aliphatic carbocycles. The zero-order valence-electron chi connectivity index (χ0n) is 17.2. The Morgan fingerprint density at radius 3 is 2.62 bits per heavy atom. The molecule has 0 aromatic carbocycles. The van der Waals surface area contributed by atoms with Crippen molar-refractivity contribution < 1.29 is 4.79 Å². The van der Waals surface area contributed by atoms with Crippen molar-refractivity contribution in [1.82, 2.24) is 15.3 Å². The molecule has 1 amide bonds. The number of pyridine rings is 2. The van der Waals surface area contributed by atoms with Crippen LogP contribution < -0.4 is 21.7 Å². The Kier molecular flexibility index (Phi) is 7.55. The van der Waals surface area contributed by atoms with Gasteiger partial charge in [-0.3, -0.25) is 9.78 Å². The van der Waals surface area contributed by atoms with Crippen molar-refractivity contribution in [1.29, 1.82) is 0 Å². The summed E-state index contributed by atoms with van der Waals surface area (Å²) in [6, 6.07) is 5.81. The number of aromatic nitrogens is 2. The van der Waals surface area contributed by atoms with Gasteiger partial charge < -0.3 is 21.7 Å². The highest BCUT2D eigenvalue weighted by Gasteiger charge is 2.21. The average molecular weight is 397 g/mol. The van der Waals surface area contributed by atoms with Crippen LogP contribution in [0.3, 0.4) is 0 Å². The smallest absolute Gasteiger partial charge is 0.249 e. The van der Waals surface area contributed by atoms with Gasteiger partial charge in [0.25, 0.3) is 0 Å². The molecular weight excluding hydrogens is 364 g/mol. The number of nitrogens with one attached hydrogen (secondary N) is 1. The fourth-order valence-electron chi connectivity index (χ4n) is 3.78. The lowest BCUT2D eigenvalue weighted by Crippen LogP contribution is -2.44. The Labute approximate surface area is 172 Å². The predicted molar refractivity (Wildman–Crippen MR) is 117 cm³/mol. The lowest BCUT2D eigenvalue weighted by molar-refractivity contribution is 0.0999. The fourth-order valence-corrected chi connectivity index (χ4v) is 3.78. The number of hydrogen-bond donors (Lipinski definition) is 3. The zero-order valence-corrected chi connectivity index (χ0v) is 17.2. The first-order valence-corrected chi connectivity index (χ1v) is 10.6. The van der Waals surface area contributed by atoms with Gasteiger partial charge in [0.15, 0.2) is 0 Å². The van der Waals surface area contributed by atoms with E-state index < -0.39 is 5.91 Å². The van der Waals surface area contributed by atoms with Crippen molar-refractivity contribution in [3.8, 4) is 11.3 Å². The van der Waals surface area contributed by atoms with E-state index in [0.717, 1.165) is 74.5 Å². The molecule has 29 heavy (non-hydrogen) atoms. The molecule has 0 bridgehead atoms. The number of carbonyl (C=O) groups is 1. The molecule has 0 radical (unpaired) electrons. The maximum atomic E-state index is 12.4. The van der Waals surface area contributed by atoms with E-state index in [1.807, 2.05) is 18.2 Å². The molecule has 7 heteroatoms. The van der Waals surface area contributed by atoms with Crippen molar-refractivity contribution in [2.45, 2.75) is 45.1 Å². The van der Waals surface area contributed by atoms with Gasteiger partial charge in [-0.1, -0.05) is 19.8 Å². The molecule has 1 aliphatic rings. The van der Waals surface area contributed by atoms with E-state index in [9.17, 15) is 4.79 Å². The van der Waals surface area contributed by atoms with Crippen molar-refractivity contribution in [2.75, 3.05) is 31.1 Å². The van der Waals surface area contributed by atoms with Gasteiger partial charge in [-0.05, 0) is 43.0 Å². The molecule has 2 aromatic rings. The normalized spacial score (nSPS) is 15.3. The number of nitrogens with zero attached hydrogens (tertiary/aromatic N) is 3. The van der Waals surface area contributed by atoms with E-state index in [1.54, 1.807) is 12.4 Å². The molecule has 5 N–H and O–H groups in total. The van der Waals surface area contributed by atoms with E-state index in [1.165, 1.54) is 0 Å². The van der Waals surface area contributed by atoms with E-state index in [4.69, 9.17) is 16.5 Å². The van der Waals surface area contributed by atoms with Crippen LogP contribution in [0.15, 0.2) is 30.6 Å². The minimum Gasteiger partial charge on any atom is -0.366 e. The number of hydrogen-bond acceptors (Lipinski definition) is 6. The van der Waals surface area contributed by atoms with E-state index in [0.29, 0.717) is 12.0 Å². The maximum Gasteiger partial charge on any atom is 0.249 e. The second-order valence-corrected chi connectivity index (χ2v) is 7.63. The Balaban J connectivity index is 2.00. The maximum absolute atomic E-state index is 12.4. The molecule has 1 fully saturated rings. The van der Waals surface area contributed by atoms with Crippen molar-refractivity contribution in [3.05, 3.63) is 41.7 Å². The van der Waals surface area contributed by atoms with E-state index in [2.05, 4.69) is 22.1 Å². The summed E-state index contributed by atoms with van der Waals surface area (Å²) in [5, 5.41) is 3.35. The van der Waals surface area contributed by atoms with Crippen LogP contribution in [-0.2, 0) is 6.42 Å². The van der Waals surface area contributed by atoms with Crippen LogP contribution in [0.25, 0.3) is 11.3 Å². The third kappa shape index (κ3) is 5.52. The summed E-state index contributed by atoms with van der Waals surface area (Å²) < 4.78 is 0. The molecule has 3 rings (SSSR count). The van der Waals surface area contributed by atoms with Gasteiger partial charge in [-0.25, -0.2) is 4.98 Å². The molecule has 7 nitrogen and oxygen atoms in total. The molecule has 3 heterocycles. The van der Waals surface area contributed by atoms with E-state index >= 15 is 0 Å². The molecule has 0 spiro atoms. The van der Waals surface area contributed by atoms with Crippen LogP contribution in [0.4, 0.5) is 5.82 Å². The summed E-state index contributed by atoms with van der Waals surface area (Å²) in [5.41, 5.74) is 15.3. The molecular formula is C22H32N6O. The zero-order chi connectivity index (χ0) is 20.6. The van der Waals surface area contributed by atoms with Crippen molar-refractivity contribution in [2.24, 2.45) is 11.5 Å². The first-order valence-electron chi connectivity index (χ1n) is 10.6. The average Bonchev–Trinajstić information content (AvgIpc) is 2.76.